The summed E-state index contributed by atoms with van der Waals surface area (Å²) in [7, 11) is 0. The molecule has 3 rings (SSSR count). The zero-order valence-electron chi connectivity index (χ0n) is 10.4. The van der Waals surface area contributed by atoms with E-state index in [1.165, 1.54) is 11.3 Å². The number of amides is 1. The fourth-order valence-electron chi connectivity index (χ4n) is 2.07. The highest BCUT2D eigenvalue weighted by Crippen LogP contribution is 2.31. The fourth-order valence-corrected chi connectivity index (χ4v) is 3.06. The molecule has 8 heteroatoms. The van der Waals surface area contributed by atoms with Crippen LogP contribution in [-0.2, 0) is 0 Å². The molecule has 5 nitrogen and oxygen atoms in total. The maximum atomic E-state index is 12.2. The molecule has 20 heavy (non-hydrogen) atoms. The Hall–Kier alpha value is -1.08. The normalized spacial score (nSPS) is 18.1. The number of thiophene rings is 1. The number of likely N-dealkylation sites (tertiary alicyclic amines) is 1. The van der Waals surface area contributed by atoms with Crippen LogP contribution in [0.3, 0.4) is 0 Å². The molecule has 1 saturated heterocycles. The second kappa shape index (κ2) is 6.13. The van der Waals surface area contributed by atoms with Gasteiger partial charge in [0.05, 0.1) is 9.21 Å². The maximum absolute atomic E-state index is 12.2. The van der Waals surface area contributed by atoms with Crippen molar-refractivity contribution in [2.75, 3.05) is 13.1 Å². The van der Waals surface area contributed by atoms with E-state index in [4.69, 9.17) is 21.9 Å². The summed E-state index contributed by atoms with van der Waals surface area (Å²) in [6, 6.07) is 5.33. The predicted molar refractivity (Wildman–Crippen MR) is 80.6 cm³/mol. The number of carbonyl (C=O) groups is 1. The molecular weight excluding hydrogens is 321 g/mol. The molecule has 1 aliphatic rings. The summed E-state index contributed by atoms with van der Waals surface area (Å²) in [5, 5.41) is 3.83. The number of aromatic nitrogens is 1. The Morgan fingerprint density at radius 3 is 2.95 bits per heavy atom. The van der Waals surface area contributed by atoms with Gasteiger partial charge in [0.2, 0.25) is 0 Å². The Labute approximate surface area is 131 Å². The Kier molecular flexibility index (Phi) is 4.70. The number of carbonyl (C=O) groups excluding carboxylic acids is 1. The van der Waals surface area contributed by atoms with Gasteiger partial charge in [-0.2, -0.15) is 0 Å². The van der Waals surface area contributed by atoms with E-state index in [1.54, 1.807) is 17.0 Å². The molecule has 2 N–H and O–H groups in total. The summed E-state index contributed by atoms with van der Waals surface area (Å²) >= 11 is 7.25. The quantitative estimate of drug-likeness (QED) is 0.916. The molecule has 3 heterocycles. The van der Waals surface area contributed by atoms with Crippen molar-refractivity contribution in [1.82, 2.24) is 10.1 Å². The highest BCUT2D eigenvalue weighted by molar-refractivity contribution is 7.19. The molecule has 0 bridgehead atoms. The monoisotopic (exact) mass is 333 g/mol. The fraction of sp³-hybridized carbons (Fsp3) is 0.333. The Balaban J connectivity index is 0.00000147. The zero-order valence-corrected chi connectivity index (χ0v) is 12.8. The summed E-state index contributed by atoms with van der Waals surface area (Å²) in [5.74, 6) is 0.425. The topological polar surface area (TPSA) is 72.4 Å². The van der Waals surface area contributed by atoms with E-state index < -0.39 is 0 Å². The van der Waals surface area contributed by atoms with Crippen molar-refractivity contribution in [2.24, 2.45) is 5.73 Å². The largest absolute Gasteiger partial charge is 0.355 e. The van der Waals surface area contributed by atoms with Gasteiger partial charge in [-0.25, -0.2) is 0 Å². The molecule has 2 aromatic rings. The Bertz CT molecular complexity index is 613. The van der Waals surface area contributed by atoms with Gasteiger partial charge >= 0.3 is 0 Å². The van der Waals surface area contributed by atoms with Crippen molar-refractivity contribution >= 4 is 41.3 Å². The summed E-state index contributed by atoms with van der Waals surface area (Å²) in [6.45, 7) is 1.25. The predicted octanol–water partition coefficient (Wildman–Crippen LogP) is 2.65. The average molecular weight is 334 g/mol. The number of hydrogen-bond donors (Lipinski definition) is 1. The van der Waals surface area contributed by atoms with Crippen molar-refractivity contribution < 1.29 is 9.32 Å². The van der Waals surface area contributed by atoms with Gasteiger partial charge in [-0.05, 0) is 18.6 Å². The van der Waals surface area contributed by atoms with Crippen molar-refractivity contribution in [3.05, 3.63) is 28.2 Å². The Morgan fingerprint density at radius 2 is 2.35 bits per heavy atom. The lowest BCUT2D eigenvalue weighted by Crippen LogP contribution is -2.32. The van der Waals surface area contributed by atoms with E-state index in [1.807, 2.05) is 6.07 Å². The number of nitrogens with two attached hydrogens (primary N) is 1. The van der Waals surface area contributed by atoms with Gasteiger partial charge in [-0.1, -0.05) is 16.8 Å². The van der Waals surface area contributed by atoms with Gasteiger partial charge in [-0.3, -0.25) is 4.79 Å². The zero-order chi connectivity index (χ0) is 13.4. The first-order chi connectivity index (χ1) is 9.13. The minimum atomic E-state index is -0.134. The number of halogens is 2. The van der Waals surface area contributed by atoms with Crippen LogP contribution < -0.4 is 5.73 Å². The van der Waals surface area contributed by atoms with Crippen LogP contribution in [0.2, 0.25) is 4.34 Å². The Morgan fingerprint density at radius 1 is 1.55 bits per heavy atom. The van der Waals surface area contributed by atoms with E-state index >= 15 is 0 Å². The average Bonchev–Trinajstić information content (AvgIpc) is 3.07. The van der Waals surface area contributed by atoms with E-state index in [9.17, 15) is 4.79 Å². The number of rotatable bonds is 2. The van der Waals surface area contributed by atoms with Gasteiger partial charge in [0.15, 0.2) is 11.5 Å². The molecule has 1 amide bonds. The van der Waals surface area contributed by atoms with Gasteiger partial charge in [0, 0.05) is 25.2 Å². The molecule has 1 fully saturated rings. The third kappa shape index (κ3) is 2.98. The SMILES string of the molecule is Cl.N[C@@H]1CCN(C(=O)c2cc(-c3ccc(Cl)s3)on2)C1. The second-order valence-electron chi connectivity index (χ2n) is 4.48. The first kappa shape index (κ1) is 15.3. The molecule has 0 spiro atoms. The lowest BCUT2D eigenvalue weighted by Gasteiger charge is -2.12. The smallest absolute Gasteiger partial charge is 0.276 e. The van der Waals surface area contributed by atoms with Crippen LogP contribution in [0.4, 0.5) is 0 Å². The molecular formula is C12H13Cl2N3O2S. The number of nitrogens with zero attached hydrogens (tertiary/aromatic N) is 2. The third-order valence-electron chi connectivity index (χ3n) is 3.06. The van der Waals surface area contributed by atoms with Crippen molar-refractivity contribution in [2.45, 2.75) is 12.5 Å². The molecule has 2 aromatic heterocycles. The summed E-state index contributed by atoms with van der Waals surface area (Å²) in [4.78, 5) is 14.7. The van der Waals surface area contributed by atoms with Crippen LogP contribution in [0.25, 0.3) is 10.6 Å². The van der Waals surface area contributed by atoms with Crippen molar-refractivity contribution in [3.8, 4) is 10.6 Å². The molecule has 0 unspecified atom stereocenters. The molecule has 0 aromatic carbocycles. The molecule has 1 atom stereocenters. The first-order valence-electron chi connectivity index (χ1n) is 5.91. The summed E-state index contributed by atoms with van der Waals surface area (Å²) in [5.41, 5.74) is 6.10. The standard InChI is InChI=1S/C12H12ClN3O2S.ClH/c13-11-2-1-10(19-11)9-5-8(15-18-9)12(17)16-4-3-7(14)6-16;/h1-2,5,7H,3-4,6,14H2;1H/t7-;/m1./s1. The van der Waals surface area contributed by atoms with Crippen LogP contribution in [0, 0.1) is 0 Å². The highest BCUT2D eigenvalue weighted by atomic mass is 35.5. The van der Waals surface area contributed by atoms with Gasteiger partial charge in [-0.15, -0.1) is 23.7 Å². The summed E-state index contributed by atoms with van der Waals surface area (Å²) < 4.78 is 5.87. The van der Waals surface area contributed by atoms with E-state index in [2.05, 4.69) is 5.16 Å². The van der Waals surface area contributed by atoms with E-state index in [0.717, 1.165) is 11.3 Å². The molecule has 0 radical (unpaired) electrons. The third-order valence-corrected chi connectivity index (χ3v) is 4.30. The van der Waals surface area contributed by atoms with E-state index in [-0.39, 0.29) is 24.4 Å². The minimum Gasteiger partial charge on any atom is -0.355 e. The van der Waals surface area contributed by atoms with Crippen molar-refractivity contribution in [1.29, 1.82) is 0 Å². The molecule has 1 aliphatic heterocycles. The van der Waals surface area contributed by atoms with Crippen LogP contribution >= 0.6 is 35.3 Å². The minimum absolute atomic E-state index is 0. The second-order valence-corrected chi connectivity index (χ2v) is 6.20. The van der Waals surface area contributed by atoms with Gasteiger partial charge in [0.25, 0.3) is 5.91 Å². The van der Waals surface area contributed by atoms with Crippen LogP contribution in [-0.4, -0.2) is 35.1 Å². The highest BCUT2D eigenvalue weighted by Gasteiger charge is 2.27. The first-order valence-corrected chi connectivity index (χ1v) is 7.10. The van der Waals surface area contributed by atoms with Gasteiger partial charge < -0.3 is 15.2 Å². The van der Waals surface area contributed by atoms with Crippen LogP contribution in [0.5, 0.6) is 0 Å². The molecule has 108 valence electrons. The maximum Gasteiger partial charge on any atom is 0.276 e. The van der Waals surface area contributed by atoms with Gasteiger partial charge in [0.1, 0.15) is 0 Å². The van der Waals surface area contributed by atoms with Crippen molar-refractivity contribution in [3.63, 3.8) is 0 Å². The molecule has 0 saturated carbocycles. The lowest BCUT2D eigenvalue weighted by atomic mass is 10.3. The lowest BCUT2D eigenvalue weighted by molar-refractivity contribution is 0.0780. The molecule has 0 aliphatic carbocycles. The van der Waals surface area contributed by atoms with E-state index in [0.29, 0.717) is 28.9 Å². The number of hydrogen-bond acceptors (Lipinski definition) is 5. The van der Waals surface area contributed by atoms with Crippen LogP contribution in [0.1, 0.15) is 16.9 Å². The van der Waals surface area contributed by atoms with Crippen LogP contribution in [0.15, 0.2) is 22.7 Å². The summed E-state index contributed by atoms with van der Waals surface area (Å²) in [6.07, 6.45) is 0.830.